The molecule has 0 aromatic heterocycles. The number of aliphatic hydroxyl groups excluding tert-OH is 1. The molecule has 0 unspecified atom stereocenters. The fraction of sp³-hybridized carbons (Fsp3) is 0.500. The van der Waals surface area contributed by atoms with Crippen LogP contribution in [0.2, 0.25) is 5.02 Å². The van der Waals surface area contributed by atoms with Gasteiger partial charge in [0.05, 0.1) is 0 Å². The van der Waals surface area contributed by atoms with Crippen molar-refractivity contribution >= 4 is 11.6 Å². The fourth-order valence-corrected chi connectivity index (χ4v) is 1.96. The summed E-state index contributed by atoms with van der Waals surface area (Å²) in [6, 6.07) is 3.97. The van der Waals surface area contributed by atoms with Crippen LogP contribution in [0.4, 0.5) is 0 Å². The predicted molar refractivity (Wildman–Crippen MR) is 64.3 cm³/mol. The highest BCUT2D eigenvalue weighted by Crippen LogP contribution is 2.19. The molecule has 0 aliphatic carbocycles. The van der Waals surface area contributed by atoms with Crippen LogP contribution in [-0.4, -0.2) is 18.3 Å². The van der Waals surface area contributed by atoms with Gasteiger partial charge < -0.3 is 10.4 Å². The summed E-state index contributed by atoms with van der Waals surface area (Å²) in [6.45, 7) is 6.07. The minimum absolute atomic E-state index is 0.242. The summed E-state index contributed by atoms with van der Waals surface area (Å²) in [6.07, 6.45) is 0.797. The van der Waals surface area contributed by atoms with Gasteiger partial charge in [0.25, 0.3) is 0 Å². The molecule has 3 heteroatoms. The third-order valence-electron chi connectivity index (χ3n) is 2.47. The van der Waals surface area contributed by atoms with E-state index in [0.29, 0.717) is 0 Å². The van der Waals surface area contributed by atoms with E-state index in [1.807, 2.05) is 12.1 Å². The van der Waals surface area contributed by atoms with Crippen LogP contribution in [0, 0.1) is 13.8 Å². The minimum Gasteiger partial charge on any atom is -0.396 e. The Morgan fingerprint density at radius 1 is 1.27 bits per heavy atom. The molecule has 0 amide bonds. The zero-order valence-electron chi connectivity index (χ0n) is 9.31. The monoisotopic (exact) mass is 227 g/mol. The van der Waals surface area contributed by atoms with Gasteiger partial charge in [0.1, 0.15) is 0 Å². The van der Waals surface area contributed by atoms with Gasteiger partial charge in [-0.2, -0.15) is 0 Å². The lowest BCUT2D eigenvalue weighted by molar-refractivity contribution is 0.286. The Kier molecular flexibility index (Phi) is 5.09. The number of hydrogen-bond donors (Lipinski definition) is 2. The summed E-state index contributed by atoms with van der Waals surface area (Å²) in [5.74, 6) is 0. The third kappa shape index (κ3) is 3.82. The van der Waals surface area contributed by atoms with Crippen LogP contribution in [0.1, 0.15) is 23.1 Å². The van der Waals surface area contributed by atoms with E-state index in [-0.39, 0.29) is 6.61 Å². The van der Waals surface area contributed by atoms with Crippen molar-refractivity contribution in [1.29, 1.82) is 0 Å². The van der Waals surface area contributed by atoms with Gasteiger partial charge in [-0.1, -0.05) is 11.6 Å². The maximum absolute atomic E-state index is 8.65. The second kappa shape index (κ2) is 6.11. The van der Waals surface area contributed by atoms with Crippen molar-refractivity contribution in [3.05, 3.63) is 33.8 Å². The number of hydrogen-bond acceptors (Lipinski definition) is 2. The number of rotatable bonds is 5. The summed E-state index contributed by atoms with van der Waals surface area (Å²) in [4.78, 5) is 0. The van der Waals surface area contributed by atoms with Crippen LogP contribution < -0.4 is 5.32 Å². The lowest BCUT2D eigenvalue weighted by atomic mass is 10.0. The molecule has 0 saturated heterocycles. The number of benzene rings is 1. The zero-order valence-corrected chi connectivity index (χ0v) is 10.1. The molecule has 84 valence electrons. The number of halogens is 1. The van der Waals surface area contributed by atoms with Gasteiger partial charge in [-0.05, 0) is 55.6 Å². The van der Waals surface area contributed by atoms with Crippen LogP contribution >= 0.6 is 11.6 Å². The molecule has 1 aromatic rings. The van der Waals surface area contributed by atoms with Gasteiger partial charge in [0.15, 0.2) is 0 Å². The van der Waals surface area contributed by atoms with Crippen molar-refractivity contribution in [3.8, 4) is 0 Å². The van der Waals surface area contributed by atoms with Crippen molar-refractivity contribution in [3.63, 3.8) is 0 Å². The van der Waals surface area contributed by atoms with Gasteiger partial charge in [-0.15, -0.1) is 0 Å². The van der Waals surface area contributed by atoms with Crippen LogP contribution in [0.25, 0.3) is 0 Å². The number of aryl methyl sites for hydroxylation is 2. The Labute approximate surface area is 96.3 Å². The van der Waals surface area contributed by atoms with Crippen LogP contribution in [-0.2, 0) is 6.54 Å². The van der Waals surface area contributed by atoms with Gasteiger partial charge in [-0.25, -0.2) is 0 Å². The van der Waals surface area contributed by atoms with Crippen LogP contribution in [0.5, 0.6) is 0 Å². The van der Waals surface area contributed by atoms with E-state index in [4.69, 9.17) is 16.7 Å². The Balaban J connectivity index is 2.60. The molecule has 0 bridgehead atoms. The normalized spacial score (nSPS) is 10.7. The molecule has 2 N–H and O–H groups in total. The van der Waals surface area contributed by atoms with E-state index >= 15 is 0 Å². The van der Waals surface area contributed by atoms with Crippen LogP contribution in [0.3, 0.4) is 0 Å². The molecule has 0 aliphatic heterocycles. The molecule has 0 radical (unpaired) electrons. The van der Waals surface area contributed by atoms with E-state index in [1.54, 1.807) is 0 Å². The number of aliphatic hydroxyl groups is 1. The van der Waals surface area contributed by atoms with Crippen molar-refractivity contribution < 1.29 is 5.11 Å². The Morgan fingerprint density at radius 2 is 1.87 bits per heavy atom. The fourth-order valence-electron chi connectivity index (χ4n) is 1.64. The molecule has 1 rings (SSSR count). The van der Waals surface area contributed by atoms with Gasteiger partial charge in [0, 0.05) is 18.2 Å². The molecule has 15 heavy (non-hydrogen) atoms. The average Bonchev–Trinajstić information content (AvgIpc) is 2.15. The van der Waals surface area contributed by atoms with Crippen molar-refractivity contribution in [2.45, 2.75) is 26.8 Å². The highest BCUT2D eigenvalue weighted by Gasteiger charge is 2.03. The summed E-state index contributed by atoms with van der Waals surface area (Å²) in [7, 11) is 0. The Morgan fingerprint density at radius 3 is 2.40 bits per heavy atom. The Hall–Kier alpha value is -0.570. The summed E-state index contributed by atoms with van der Waals surface area (Å²) < 4.78 is 0. The highest BCUT2D eigenvalue weighted by molar-refractivity contribution is 6.30. The Bertz CT molecular complexity index is 302. The number of nitrogens with one attached hydrogen (secondary N) is 1. The molecule has 1 aromatic carbocycles. The van der Waals surface area contributed by atoms with E-state index in [1.165, 1.54) is 16.7 Å². The maximum atomic E-state index is 8.65. The van der Waals surface area contributed by atoms with Crippen LogP contribution in [0.15, 0.2) is 12.1 Å². The molecule has 2 nitrogen and oxygen atoms in total. The topological polar surface area (TPSA) is 32.3 Å². The van der Waals surface area contributed by atoms with E-state index in [0.717, 1.165) is 24.5 Å². The lowest BCUT2D eigenvalue weighted by Crippen LogP contribution is -2.17. The first-order valence-corrected chi connectivity index (χ1v) is 5.60. The largest absolute Gasteiger partial charge is 0.396 e. The first-order chi connectivity index (χ1) is 7.15. The smallest absolute Gasteiger partial charge is 0.0443 e. The molecule has 0 aliphatic rings. The standard InChI is InChI=1S/C12H18ClNO/c1-9-6-11(13)7-10(2)12(9)8-14-4-3-5-15/h6-7,14-15H,3-5,8H2,1-2H3. The maximum Gasteiger partial charge on any atom is 0.0443 e. The van der Waals surface area contributed by atoms with Gasteiger partial charge in [0.2, 0.25) is 0 Å². The van der Waals surface area contributed by atoms with E-state index < -0.39 is 0 Å². The molecule has 0 fully saturated rings. The molecular weight excluding hydrogens is 210 g/mol. The third-order valence-corrected chi connectivity index (χ3v) is 2.69. The van der Waals surface area contributed by atoms with Crippen molar-refractivity contribution in [2.75, 3.05) is 13.2 Å². The quantitative estimate of drug-likeness (QED) is 0.758. The highest BCUT2D eigenvalue weighted by atomic mass is 35.5. The SMILES string of the molecule is Cc1cc(Cl)cc(C)c1CNCCCO. The second-order valence-electron chi connectivity index (χ2n) is 3.77. The zero-order chi connectivity index (χ0) is 11.3. The van der Waals surface area contributed by atoms with Crippen molar-refractivity contribution in [1.82, 2.24) is 5.32 Å². The van der Waals surface area contributed by atoms with E-state index in [2.05, 4.69) is 19.2 Å². The predicted octanol–water partition coefficient (Wildman–Crippen LogP) is 2.43. The summed E-state index contributed by atoms with van der Waals surface area (Å²) >= 11 is 5.95. The van der Waals surface area contributed by atoms with Gasteiger partial charge in [-0.3, -0.25) is 0 Å². The first-order valence-electron chi connectivity index (χ1n) is 5.22. The second-order valence-corrected chi connectivity index (χ2v) is 4.21. The molecule has 0 spiro atoms. The summed E-state index contributed by atoms with van der Waals surface area (Å²) in [5.41, 5.74) is 3.74. The van der Waals surface area contributed by atoms with Gasteiger partial charge >= 0.3 is 0 Å². The molecular formula is C12H18ClNO. The minimum atomic E-state index is 0.242. The van der Waals surface area contributed by atoms with E-state index in [9.17, 15) is 0 Å². The molecule has 0 saturated carbocycles. The van der Waals surface area contributed by atoms with Crippen molar-refractivity contribution in [2.24, 2.45) is 0 Å². The lowest BCUT2D eigenvalue weighted by Gasteiger charge is -2.11. The first kappa shape index (κ1) is 12.5. The molecule has 0 heterocycles. The average molecular weight is 228 g/mol. The summed E-state index contributed by atoms with van der Waals surface area (Å²) in [5, 5.41) is 12.7. The molecule has 0 atom stereocenters.